The van der Waals surface area contributed by atoms with Gasteiger partial charge >= 0.3 is 0 Å². The zero-order valence-electron chi connectivity index (χ0n) is 29.6. The van der Waals surface area contributed by atoms with Crippen molar-refractivity contribution < 1.29 is 9.47 Å². The molecule has 0 saturated heterocycles. The second-order valence-electron chi connectivity index (χ2n) is 15.2. The molecule has 0 spiro atoms. The third-order valence-electron chi connectivity index (χ3n) is 10.6. The lowest BCUT2D eigenvalue weighted by molar-refractivity contribution is 0.0517. The van der Waals surface area contributed by atoms with Crippen molar-refractivity contribution in [2.75, 3.05) is 5.32 Å². The lowest BCUT2D eigenvalue weighted by Crippen LogP contribution is -2.37. The van der Waals surface area contributed by atoms with E-state index in [1.54, 1.807) is 0 Å². The lowest BCUT2D eigenvalue weighted by Gasteiger charge is -2.38. The predicted molar refractivity (Wildman–Crippen MR) is 192 cm³/mol. The van der Waals surface area contributed by atoms with E-state index in [1.807, 2.05) is 0 Å². The van der Waals surface area contributed by atoms with Crippen molar-refractivity contribution in [3.8, 4) is 11.5 Å². The summed E-state index contributed by atoms with van der Waals surface area (Å²) in [6.07, 6.45) is 18.8. The maximum atomic E-state index is 6.85. The maximum Gasteiger partial charge on any atom is 0.127 e. The smallest absolute Gasteiger partial charge is 0.127 e. The van der Waals surface area contributed by atoms with Crippen LogP contribution in [-0.4, -0.2) is 23.7 Å². The second-order valence-corrected chi connectivity index (χ2v) is 15.2. The van der Waals surface area contributed by atoms with Crippen molar-refractivity contribution >= 4 is 5.69 Å². The van der Waals surface area contributed by atoms with Crippen molar-refractivity contribution in [1.82, 2.24) is 0 Å². The molecule has 1 aliphatic heterocycles. The number of hydrogen-bond donors (Lipinski definition) is 3. The van der Waals surface area contributed by atoms with Crippen molar-refractivity contribution in [2.24, 2.45) is 17.4 Å². The molecule has 3 atom stereocenters. The van der Waals surface area contributed by atoms with E-state index >= 15 is 0 Å². The number of nitrogens with two attached hydrogens (primary N) is 2. The highest BCUT2D eigenvalue weighted by Crippen LogP contribution is 2.45. The van der Waals surface area contributed by atoms with Crippen LogP contribution in [0.2, 0.25) is 0 Å². The fourth-order valence-electron chi connectivity index (χ4n) is 7.52. The highest BCUT2D eigenvalue weighted by molar-refractivity contribution is 5.59. The van der Waals surface area contributed by atoms with Gasteiger partial charge in [0.15, 0.2) is 0 Å². The first-order valence-electron chi connectivity index (χ1n) is 18.4. The van der Waals surface area contributed by atoms with Crippen molar-refractivity contribution in [2.45, 2.75) is 175 Å². The van der Waals surface area contributed by atoms with E-state index in [9.17, 15) is 0 Å². The van der Waals surface area contributed by atoms with Crippen LogP contribution in [0.3, 0.4) is 0 Å². The van der Waals surface area contributed by atoms with E-state index in [0.717, 1.165) is 75.2 Å². The van der Waals surface area contributed by atoms with Gasteiger partial charge in [0.1, 0.15) is 23.7 Å². The second kappa shape index (κ2) is 17.1. The molecule has 0 aromatic heterocycles. The van der Waals surface area contributed by atoms with Gasteiger partial charge in [-0.05, 0) is 132 Å². The Morgan fingerprint density at radius 2 is 1.56 bits per heavy atom. The molecule has 5 N–H and O–H groups in total. The van der Waals surface area contributed by atoms with Crippen LogP contribution in [0.15, 0.2) is 24.3 Å². The summed E-state index contributed by atoms with van der Waals surface area (Å²) in [5, 5.41) is 3.76. The normalized spacial score (nSPS) is 20.0. The van der Waals surface area contributed by atoms with Crippen molar-refractivity contribution in [1.29, 1.82) is 0 Å². The average molecular weight is 620 g/mol. The average Bonchev–Trinajstić information content (AvgIpc) is 3.00. The highest BCUT2D eigenvalue weighted by Gasteiger charge is 2.34. The lowest BCUT2D eigenvalue weighted by atomic mass is 9.84. The molecule has 5 nitrogen and oxygen atoms in total. The van der Waals surface area contributed by atoms with Gasteiger partial charge < -0.3 is 26.3 Å². The summed E-state index contributed by atoms with van der Waals surface area (Å²) in [7, 11) is 0. The fraction of sp³-hybridized carbons (Fsp3) is 0.700. The maximum absolute atomic E-state index is 6.85. The summed E-state index contributed by atoms with van der Waals surface area (Å²) in [5.74, 6) is 2.87. The van der Waals surface area contributed by atoms with E-state index in [4.69, 9.17) is 20.9 Å². The third-order valence-corrected chi connectivity index (χ3v) is 10.6. The molecule has 0 amide bonds. The Morgan fingerprint density at radius 3 is 2.24 bits per heavy atom. The van der Waals surface area contributed by atoms with E-state index in [2.05, 4.69) is 71.1 Å². The number of anilines is 1. The topological polar surface area (TPSA) is 82.5 Å². The molecule has 1 saturated carbocycles. The Kier molecular flexibility index (Phi) is 13.5. The first kappa shape index (κ1) is 35.6. The minimum absolute atomic E-state index is 0.150. The van der Waals surface area contributed by atoms with E-state index < -0.39 is 0 Å². The van der Waals surface area contributed by atoms with Crippen LogP contribution in [0.25, 0.3) is 0 Å². The first-order valence-corrected chi connectivity index (χ1v) is 18.4. The van der Waals surface area contributed by atoms with Crippen molar-refractivity contribution in [3.05, 3.63) is 52.1 Å². The summed E-state index contributed by atoms with van der Waals surface area (Å²) in [6, 6.07) is 9.94. The van der Waals surface area contributed by atoms with Gasteiger partial charge in [-0.25, -0.2) is 0 Å². The number of benzene rings is 2. The fourth-order valence-corrected chi connectivity index (χ4v) is 7.52. The predicted octanol–water partition coefficient (Wildman–Crippen LogP) is 9.84. The summed E-state index contributed by atoms with van der Waals surface area (Å²) >= 11 is 0. The number of hydrogen-bond acceptors (Lipinski definition) is 5. The van der Waals surface area contributed by atoms with Gasteiger partial charge in [0.05, 0.1) is 0 Å². The van der Waals surface area contributed by atoms with Crippen LogP contribution < -0.4 is 26.3 Å². The van der Waals surface area contributed by atoms with Gasteiger partial charge in [0.2, 0.25) is 0 Å². The van der Waals surface area contributed by atoms with Gasteiger partial charge in [-0.1, -0.05) is 64.5 Å². The molecule has 4 rings (SSSR count). The summed E-state index contributed by atoms with van der Waals surface area (Å²) in [6.45, 7) is 14.0. The van der Waals surface area contributed by atoms with Crippen LogP contribution in [0, 0.1) is 26.7 Å². The summed E-state index contributed by atoms with van der Waals surface area (Å²) < 4.78 is 13.4. The minimum atomic E-state index is -0.150. The van der Waals surface area contributed by atoms with Gasteiger partial charge in [-0.15, -0.1) is 0 Å². The monoisotopic (exact) mass is 620 g/mol. The molecule has 1 heterocycles. The molecular weight excluding hydrogens is 554 g/mol. The molecule has 0 unspecified atom stereocenters. The van der Waals surface area contributed by atoms with Crippen LogP contribution in [0.1, 0.15) is 145 Å². The molecule has 2 aliphatic rings. The molecule has 2 aromatic carbocycles. The summed E-state index contributed by atoms with van der Waals surface area (Å²) in [4.78, 5) is 0. The Balaban J connectivity index is 1.26. The van der Waals surface area contributed by atoms with Gasteiger partial charge in [0.25, 0.3) is 0 Å². The van der Waals surface area contributed by atoms with Gasteiger partial charge in [0, 0.05) is 29.4 Å². The summed E-state index contributed by atoms with van der Waals surface area (Å²) in [5.41, 5.74) is 20.1. The number of rotatable bonds is 17. The zero-order chi connectivity index (χ0) is 32.4. The first-order chi connectivity index (χ1) is 21.5. The molecule has 2 aromatic rings. The molecule has 5 heteroatoms. The zero-order valence-corrected chi connectivity index (χ0v) is 29.6. The number of nitrogens with one attached hydrogen (secondary N) is 1. The van der Waals surface area contributed by atoms with E-state index in [0.29, 0.717) is 18.7 Å². The molecule has 45 heavy (non-hydrogen) atoms. The van der Waals surface area contributed by atoms with Gasteiger partial charge in [-0.2, -0.15) is 0 Å². The SMILES string of the molecule is Cc1c(C)c2c(c(C)c1OCc1cccc(NC3CCCCC3)c1)CC[C@@](C)(CCC[C@H](N)CCC[C@H](N)CCCC(C)C)O2. The molecule has 0 bridgehead atoms. The Hall–Kier alpha value is -2.24. The Morgan fingerprint density at radius 1 is 0.889 bits per heavy atom. The number of fused-ring (bicyclic) bond motifs is 1. The van der Waals surface area contributed by atoms with Crippen LogP contribution in [0.5, 0.6) is 11.5 Å². The third kappa shape index (κ3) is 10.6. The van der Waals surface area contributed by atoms with Crippen LogP contribution >= 0.6 is 0 Å². The van der Waals surface area contributed by atoms with E-state index in [1.165, 1.54) is 78.5 Å². The number of ether oxygens (including phenoxy) is 2. The molecule has 252 valence electrons. The highest BCUT2D eigenvalue weighted by atomic mass is 16.5. The van der Waals surface area contributed by atoms with Crippen LogP contribution in [0.4, 0.5) is 5.69 Å². The van der Waals surface area contributed by atoms with Gasteiger partial charge in [-0.3, -0.25) is 0 Å². The quantitative estimate of drug-likeness (QED) is 0.164. The Bertz CT molecular complexity index is 1200. The molecule has 1 aliphatic carbocycles. The largest absolute Gasteiger partial charge is 0.488 e. The molecule has 0 radical (unpaired) electrons. The minimum Gasteiger partial charge on any atom is -0.488 e. The van der Waals surface area contributed by atoms with Crippen LogP contribution in [-0.2, 0) is 13.0 Å². The Labute approximate surface area is 275 Å². The molecular formula is C40H65N3O2. The standard InChI is InChI=1S/C40H65N3O2/c1-28(2)14-10-16-33(41)17-12-18-34(42)19-13-24-40(6)25-23-37-31(5)38(29(3)30(4)39(37)45-40)44-27-32-15-11-22-36(26-32)43-35-20-8-7-9-21-35/h11,15,22,26,28,33-35,43H,7-10,12-14,16-21,23-25,27,41-42H2,1-6H3/t33-,34-,40-/m1/s1. The molecule has 1 fully saturated rings. The van der Waals surface area contributed by atoms with Crippen molar-refractivity contribution in [3.63, 3.8) is 0 Å². The van der Waals surface area contributed by atoms with E-state index in [-0.39, 0.29) is 11.6 Å².